The van der Waals surface area contributed by atoms with Gasteiger partial charge in [-0.25, -0.2) is 0 Å². The zero-order chi connectivity index (χ0) is 13.6. The van der Waals surface area contributed by atoms with Gasteiger partial charge in [-0.05, 0) is 38.0 Å². The van der Waals surface area contributed by atoms with Crippen LogP contribution in [0.15, 0.2) is 17.1 Å². The topological polar surface area (TPSA) is 54.5 Å². The van der Waals surface area contributed by atoms with E-state index in [4.69, 9.17) is 4.74 Å². The number of carbonyl (C=O) groups excluding carboxylic acids is 1. The maximum absolute atomic E-state index is 11.7. The fraction of sp³-hybridized carbons (Fsp3) is 0.333. The van der Waals surface area contributed by atoms with Crippen LogP contribution < -0.4 is 4.74 Å². The van der Waals surface area contributed by atoms with Gasteiger partial charge in [0.15, 0.2) is 5.78 Å². The molecule has 0 saturated heterocycles. The van der Waals surface area contributed by atoms with Gasteiger partial charge in [0.25, 0.3) is 0 Å². The first kappa shape index (κ1) is 12.0. The van der Waals surface area contributed by atoms with Gasteiger partial charge < -0.3 is 9.72 Å². The zero-order valence-electron chi connectivity index (χ0n) is 11.3. The monoisotopic (exact) mass is 256 g/mol. The number of fused-ring (bicyclic) bond motifs is 3. The summed E-state index contributed by atoms with van der Waals surface area (Å²) < 4.78 is 5.34. The van der Waals surface area contributed by atoms with E-state index in [1.807, 2.05) is 19.1 Å². The lowest BCUT2D eigenvalue weighted by Crippen LogP contribution is -2.08. The summed E-state index contributed by atoms with van der Waals surface area (Å²) >= 11 is 0. The first-order valence-electron chi connectivity index (χ1n) is 6.36. The molecule has 0 fully saturated rings. The van der Waals surface area contributed by atoms with Crippen LogP contribution >= 0.6 is 0 Å². The number of hydrogen-bond acceptors (Lipinski definition) is 3. The number of H-pyrrole nitrogens is 1. The Kier molecular flexibility index (Phi) is 2.66. The number of methoxy groups -OCH3 is 1. The second kappa shape index (κ2) is 4.23. The minimum absolute atomic E-state index is 0.0108. The lowest BCUT2D eigenvalue weighted by atomic mass is 10.0. The van der Waals surface area contributed by atoms with Gasteiger partial charge in [-0.1, -0.05) is 0 Å². The van der Waals surface area contributed by atoms with E-state index < -0.39 is 0 Å². The minimum Gasteiger partial charge on any atom is -0.496 e. The van der Waals surface area contributed by atoms with Gasteiger partial charge in [-0.15, -0.1) is 0 Å². The summed E-state index contributed by atoms with van der Waals surface area (Å²) in [6.07, 6.45) is 0.926. The molecule has 0 saturated carbocycles. The van der Waals surface area contributed by atoms with Crippen LogP contribution in [0.2, 0.25) is 0 Å². The molecule has 0 bridgehead atoms. The number of carbonyl (C=O) groups is 1. The zero-order valence-corrected chi connectivity index (χ0v) is 11.3. The van der Waals surface area contributed by atoms with E-state index in [1.54, 1.807) is 14.0 Å². The molecule has 0 spiro atoms. The molecule has 1 aliphatic heterocycles. The fourth-order valence-electron chi connectivity index (χ4n) is 2.70. The van der Waals surface area contributed by atoms with Crippen LogP contribution in [0.5, 0.6) is 5.75 Å². The predicted octanol–water partition coefficient (Wildman–Crippen LogP) is 2.74. The molecule has 1 aromatic carbocycles. The summed E-state index contributed by atoms with van der Waals surface area (Å²) in [5.41, 5.74) is 4.98. The molecule has 3 rings (SSSR count). The van der Waals surface area contributed by atoms with Crippen LogP contribution in [0.1, 0.15) is 35.5 Å². The van der Waals surface area contributed by atoms with Crippen molar-refractivity contribution in [1.82, 2.24) is 4.98 Å². The predicted molar refractivity (Wildman–Crippen MR) is 75.6 cm³/mol. The van der Waals surface area contributed by atoms with Gasteiger partial charge in [0.2, 0.25) is 0 Å². The Morgan fingerprint density at radius 1 is 1.42 bits per heavy atom. The molecule has 98 valence electrons. The summed E-state index contributed by atoms with van der Waals surface area (Å²) in [5, 5.41) is 1.13. The molecule has 0 radical (unpaired) electrons. The van der Waals surface area contributed by atoms with E-state index >= 15 is 0 Å². The number of nitrogens with one attached hydrogen (secondary N) is 1. The first-order valence-corrected chi connectivity index (χ1v) is 6.36. The number of aliphatic imine (C=N–C) groups is 1. The van der Waals surface area contributed by atoms with Gasteiger partial charge in [-0.3, -0.25) is 9.79 Å². The summed E-state index contributed by atoms with van der Waals surface area (Å²) in [6, 6.07) is 3.84. The minimum atomic E-state index is 0.0108. The van der Waals surface area contributed by atoms with Gasteiger partial charge >= 0.3 is 0 Å². The average Bonchev–Trinajstić information content (AvgIpc) is 2.76. The molecular formula is C15H16N2O2. The molecule has 0 aliphatic carbocycles. The molecular weight excluding hydrogens is 240 g/mol. The van der Waals surface area contributed by atoms with Gasteiger partial charge in [-0.2, -0.15) is 0 Å². The third-order valence-corrected chi connectivity index (χ3v) is 3.68. The number of rotatable bonds is 2. The number of ketones is 1. The average molecular weight is 256 g/mol. The molecule has 2 aromatic rings. The molecule has 0 unspecified atom stereocenters. The summed E-state index contributed by atoms with van der Waals surface area (Å²) in [7, 11) is 1.60. The van der Waals surface area contributed by atoms with E-state index in [0.29, 0.717) is 11.3 Å². The number of aromatic nitrogens is 1. The summed E-state index contributed by atoms with van der Waals surface area (Å²) in [6.45, 7) is 4.39. The van der Waals surface area contributed by atoms with Crippen LogP contribution in [0.25, 0.3) is 10.9 Å². The van der Waals surface area contributed by atoms with Crippen molar-refractivity contribution in [2.45, 2.75) is 20.3 Å². The molecule has 0 amide bonds. The Bertz CT molecular complexity index is 710. The van der Waals surface area contributed by atoms with Crippen molar-refractivity contribution in [3.8, 4) is 5.75 Å². The van der Waals surface area contributed by atoms with Crippen molar-refractivity contribution in [3.05, 3.63) is 29.0 Å². The quantitative estimate of drug-likeness (QED) is 0.840. The Labute approximate surface area is 111 Å². The highest BCUT2D eigenvalue weighted by atomic mass is 16.5. The lowest BCUT2D eigenvalue weighted by molar-refractivity contribution is 0.101. The van der Waals surface area contributed by atoms with Gasteiger partial charge in [0.05, 0.1) is 24.1 Å². The maximum atomic E-state index is 11.7. The van der Waals surface area contributed by atoms with Crippen molar-refractivity contribution >= 4 is 22.4 Å². The van der Waals surface area contributed by atoms with E-state index in [9.17, 15) is 4.79 Å². The molecule has 1 aromatic heterocycles. The molecule has 4 heteroatoms. The Hall–Kier alpha value is -2.10. The smallest absolute Gasteiger partial charge is 0.163 e. The largest absolute Gasteiger partial charge is 0.496 e. The summed E-state index contributed by atoms with van der Waals surface area (Å²) in [4.78, 5) is 19.5. The lowest BCUT2D eigenvalue weighted by Gasteiger charge is -2.10. The molecule has 1 N–H and O–H groups in total. The second-order valence-electron chi connectivity index (χ2n) is 4.85. The molecule has 1 aliphatic rings. The van der Waals surface area contributed by atoms with Crippen LogP contribution in [-0.2, 0) is 6.42 Å². The van der Waals surface area contributed by atoms with Crippen molar-refractivity contribution in [2.75, 3.05) is 13.7 Å². The number of ether oxygens (including phenoxy) is 1. The van der Waals surface area contributed by atoms with Crippen LogP contribution in [-0.4, -0.2) is 30.1 Å². The Morgan fingerprint density at radius 2 is 2.21 bits per heavy atom. The third-order valence-electron chi connectivity index (χ3n) is 3.68. The van der Waals surface area contributed by atoms with Crippen molar-refractivity contribution in [2.24, 2.45) is 4.99 Å². The molecule has 2 heterocycles. The highest BCUT2D eigenvalue weighted by Gasteiger charge is 2.19. The van der Waals surface area contributed by atoms with Crippen molar-refractivity contribution in [3.63, 3.8) is 0 Å². The van der Waals surface area contributed by atoms with Gasteiger partial charge in [0.1, 0.15) is 5.75 Å². The Morgan fingerprint density at radius 3 is 2.89 bits per heavy atom. The molecule has 4 nitrogen and oxygen atoms in total. The first-order chi connectivity index (χ1) is 9.11. The van der Waals surface area contributed by atoms with Crippen LogP contribution in [0, 0.1) is 0 Å². The van der Waals surface area contributed by atoms with Crippen molar-refractivity contribution < 1.29 is 9.53 Å². The van der Waals surface area contributed by atoms with E-state index in [2.05, 4.69) is 9.98 Å². The Balaban J connectivity index is 2.32. The number of nitrogens with zero attached hydrogens (tertiary/aromatic N) is 1. The fourth-order valence-corrected chi connectivity index (χ4v) is 2.70. The van der Waals surface area contributed by atoms with E-state index in [0.717, 1.165) is 35.3 Å². The normalized spacial score (nSPS) is 14.2. The highest BCUT2D eigenvalue weighted by Crippen LogP contribution is 2.32. The van der Waals surface area contributed by atoms with E-state index in [-0.39, 0.29) is 5.78 Å². The van der Waals surface area contributed by atoms with Crippen LogP contribution in [0.4, 0.5) is 0 Å². The van der Waals surface area contributed by atoms with E-state index in [1.165, 1.54) is 5.56 Å². The second-order valence-corrected chi connectivity index (χ2v) is 4.85. The van der Waals surface area contributed by atoms with Gasteiger partial charge in [0, 0.05) is 17.4 Å². The highest BCUT2D eigenvalue weighted by molar-refractivity contribution is 6.07. The number of hydrogen-bond donors (Lipinski definition) is 1. The van der Waals surface area contributed by atoms with Crippen LogP contribution in [0.3, 0.4) is 0 Å². The molecule has 19 heavy (non-hydrogen) atoms. The number of aromatic amines is 1. The standard InChI is InChI=1S/C15H16N2O2/c1-8-15-10(4-5-16-8)12-7-14(19-3)11(9(2)18)6-13(12)17-15/h6-7,17H,4-5H2,1-3H3. The maximum Gasteiger partial charge on any atom is 0.163 e. The SMILES string of the molecule is COc1cc2c3c([nH]c2cc1C(C)=O)C(C)=NCC3. The van der Waals surface area contributed by atoms with Crippen molar-refractivity contribution in [1.29, 1.82) is 0 Å². The number of Topliss-reactive ketones (excluding diaryl/α,β-unsaturated/α-hetero) is 1. The third kappa shape index (κ3) is 1.75. The number of benzene rings is 1. The molecule has 0 atom stereocenters. The summed E-state index contributed by atoms with van der Waals surface area (Å²) in [5.74, 6) is 0.652.